The number of hydrogen-bond donors (Lipinski definition) is 0. The molecule has 0 radical (unpaired) electrons. The molecule has 0 fully saturated rings. The summed E-state index contributed by atoms with van der Waals surface area (Å²) in [5.74, 6) is 0.710. The van der Waals surface area contributed by atoms with E-state index in [2.05, 4.69) is 15.2 Å². The monoisotopic (exact) mass is 420 g/mol. The number of aryl methyl sites for hydroxylation is 3. The number of anilines is 1. The van der Waals surface area contributed by atoms with Crippen LogP contribution in [0, 0.1) is 26.6 Å². The smallest absolute Gasteiger partial charge is 0.179 e. The average Bonchev–Trinajstić information content (AvgIpc) is 3.08. The number of halogens is 1. The lowest BCUT2D eigenvalue weighted by molar-refractivity contribution is 0.338. The lowest BCUT2D eigenvalue weighted by atomic mass is 10.2. The van der Waals surface area contributed by atoms with E-state index >= 15 is 0 Å². The number of hydrogen-bond acceptors (Lipinski definition) is 6. The Morgan fingerprint density at radius 2 is 1.94 bits per heavy atom. The summed E-state index contributed by atoms with van der Waals surface area (Å²) in [6.07, 6.45) is 1.78. The molecule has 0 aliphatic heterocycles. The van der Waals surface area contributed by atoms with E-state index in [9.17, 15) is 4.39 Å². The van der Waals surface area contributed by atoms with E-state index in [-0.39, 0.29) is 0 Å². The van der Waals surface area contributed by atoms with E-state index < -0.39 is 5.82 Å². The topological polar surface area (TPSA) is 69.0 Å². The molecule has 0 atom stereocenters. The molecule has 0 unspecified atom stereocenters. The van der Waals surface area contributed by atoms with Crippen molar-refractivity contribution in [3.63, 3.8) is 0 Å². The van der Waals surface area contributed by atoms with Crippen molar-refractivity contribution in [2.75, 3.05) is 18.6 Å². The van der Waals surface area contributed by atoms with Crippen LogP contribution in [0.3, 0.4) is 0 Å². The molecule has 160 valence electrons. The molecule has 0 aliphatic carbocycles. The number of ether oxygens (including phenoxy) is 1. The van der Waals surface area contributed by atoms with Gasteiger partial charge in [0.05, 0.1) is 35.6 Å². The van der Waals surface area contributed by atoms with Gasteiger partial charge in [-0.3, -0.25) is 4.98 Å². The molecule has 0 saturated heterocycles. The predicted molar refractivity (Wildman–Crippen MR) is 118 cm³/mol. The van der Waals surface area contributed by atoms with Gasteiger partial charge in [-0.2, -0.15) is 10.2 Å². The summed E-state index contributed by atoms with van der Waals surface area (Å²) in [6, 6.07) is 8.74. The third kappa shape index (κ3) is 3.81. The third-order valence-electron chi connectivity index (χ3n) is 5.31. The van der Waals surface area contributed by atoms with Crippen LogP contribution in [0.5, 0.6) is 5.75 Å². The van der Waals surface area contributed by atoms with Crippen LogP contribution < -0.4 is 9.64 Å². The molecular formula is C23H25FN6O. The standard InChI is InChI=1S/C23H25FN6O/c1-6-31-17-9-10-20(18(24)12-17)30-16(4)21-15(3)26-27-23(22(21)28-30)29(5)13-19-14(2)8-7-11-25-19/h7-12H,6,13H2,1-5H3. The SMILES string of the molecule is CCOc1ccc(-n2nc3c(N(C)Cc4ncccc4C)nnc(C)c3c2C)c(F)c1. The molecule has 0 amide bonds. The van der Waals surface area contributed by atoms with E-state index in [1.54, 1.807) is 23.0 Å². The van der Waals surface area contributed by atoms with E-state index in [4.69, 9.17) is 9.84 Å². The second kappa shape index (κ2) is 8.29. The quantitative estimate of drug-likeness (QED) is 0.463. The largest absolute Gasteiger partial charge is 0.494 e. The van der Waals surface area contributed by atoms with Crippen molar-refractivity contribution >= 4 is 16.7 Å². The van der Waals surface area contributed by atoms with Crippen LogP contribution in [0.2, 0.25) is 0 Å². The molecule has 0 N–H and O–H groups in total. The van der Waals surface area contributed by atoms with Gasteiger partial charge in [0, 0.05) is 19.3 Å². The van der Waals surface area contributed by atoms with Crippen LogP contribution >= 0.6 is 0 Å². The fraction of sp³-hybridized carbons (Fsp3) is 0.304. The van der Waals surface area contributed by atoms with Gasteiger partial charge in [0.2, 0.25) is 0 Å². The molecule has 7 nitrogen and oxygen atoms in total. The van der Waals surface area contributed by atoms with Crippen molar-refractivity contribution in [3.05, 3.63) is 65.0 Å². The zero-order chi connectivity index (χ0) is 22.1. The number of aromatic nitrogens is 5. The number of pyridine rings is 1. The molecule has 8 heteroatoms. The summed E-state index contributed by atoms with van der Waals surface area (Å²) < 4.78 is 21.9. The van der Waals surface area contributed by atoms with Crippen molar-refractivity contribution in [2.45, 2.75) is 34.2 Å². The van der Waals surface area contributed by atoms with Crippen molar-refractivity contribution in [2.24, 2.45) is 0 Å². The highest BCUT2D eigenvalue weighted by atomic mass is 19.1. The van der Waals surface area contributed by atoms with Gasteiger partial charge in [0.15, 0.2) is 11.6 Å². The lowest BCUT2D eigenvalue weighted by Gasteiger charge is -2.18. The van der Waals surface area contributed by atoms with E-state index in [0.29, 0.717) is 35.9 Å². The molecule has 0 bridgehead atoms. The number of rotatable bonds is 6. The zero-order valence-electron chi connectivity index (χ0n) is 18.3. The van der Waals surface area contributed by atoms with Crippen molar-refractivity contribution in [1.29, 1.82) is 0 Å². The Kier molecular flexibility index (Phi) is 5.54. The second-order valence-electron chi connectivity index (χ2n) is 7.50. The van der Waals surface area contributed by atoms with E-state index in [1.165, 1.54) is 6.07 Å². The summed E-state index contributed by atoms with van der Waals surface area (Å²) in [6.45, 7) is 8.72. The van der Waals surface area contributed by atoms with Gasteiger partial charge in [0.25, 0.3) is 0 Å². The maximum absolute atomic E-state index is 14.9. The van der Waals surface area contributed by atoms with Crippen LogP contribution in [0.4, 0.5) is 10.2 Å². The molecular weight excluding hydrogens is 395 g/mol. The van der Waals surface area contributed by atoms with E-state index in [1.807, 2.05) is 51.8 Å². The molecule has 3 aromatic heterocycles. The number of benzene rings is 1. The maximum Gasteiger partial charge on any atom is 0.179 e. The first kappa shape index (κ1) is 20.7. The van der Waals surface area contributed by atoms with E-state index in [0.717, 1.165) is 28.0 Å². The Morgan fingerprint density at radius 1 is 1.13 bits per heavy atom. The maximum atomic E-state index is 14.9. The van der Waals surface area contributed by atoms with Gasteiger partial charge < -0.3 is 9.64 Å². The summed E-state index contributed by atoms with van der Waals surface area (Å²) in [5, 5.41) is 14.3. The highest BCUT2D eigenvalue weighted by Crippen LogP contribution is 2.30. The van der Waals surface area contributed by atoms with Crippen molar-refractivity contribution < 1.29 is 9.13 Å². The Morgan fingerprint density at radius 3 is 2.65 bits per heavy atom. The predicted octanol–water partition coefficient (Wildman–Crippen LogP) is 4.31. The van der Waals surface area contributed by atoms with Gasteiger partial charge >= 0.3 is 0 Å². The molecule has 31 heavy (non-hydrogen) atoms. The summed E-state index contributed by atoms with van der Waals surface area (Å²) in [7, 11) is 1.93. The minimum atomic E-state index is -0.403. The number of nitrogens with zero attached hydrogens (tertiary/aromatic N) is 6. The molecule has 0 saturated carbocycles. The van der Waals surface area contributed by atoms with Gasteiger partial charge in [-0.25, -0.2) is 9.07 Å². The second-order valence-corrected chi connectivity index (χ2v) is 7.50. The normalized spacial score (nSPS) is 11.2. The highest BCUT2D eigenvalue weighted by molar-refractivity contribution is 5.92. The lowest BCUT2D eigenvalue weighted by Crippen LogP contribution is -2.20. The highest BCUT2D eigenvalue weighted by Gasteiger charge is 2.21. The molecule has 1 aromatic carbocycles. The fourth-order valence-electron chi connectivity index (χ4n) is 3.70. The van der Waals surface area contributed by atoms with Crippen LogP contribution in [-0.2, 0) is 6.54 Å². The van der Waals surface area contributed by atoms with Crippen molar-refractivity contribution in [3.8, 4) is 11.4 Å². The van der Waals surface area contributed by atoms with Gasteiger partial charge in [-0.05, 0) is 51.5 Å². The average molecular weight is 420 g/mol. The molecule has 4 aromatic rings. The summed E-state index contributed by atoms with van der Waals surface area (Å²) >= 11 is 0. The first-order chi connectivity index (χ1) is 14.9. The Hall–Kier alpha value is -3.55. The zero-order valence-corrected chi connectivity index (χ0v) is 18.3. The number of fused-ring (bicyclic) bond motifs is 1. The third-order valence-corrected chi connectivity index (χ3v) is 5.31. The Balaban J connectivity index is 1.80. The van der Waals surface area contributed by atoms with Gasteiger partial charge in [-0.15, -0.1) is 5.10 Å². The first-order valence-corrected chi connectivity index (χ1v) is 10.2. The van der Waals surface area contributed by atoms with Gasteiger partial charge in [0.1, 0.15) is 17.0 Å². The molecule has 3 heterocycles. The van der Waals surface area contributed by atoms with Crippen LogP contribution in [-0.4, -0.2) is 38.6 Å². The van der Waals surface area contributed by atoms with Crippen molar-refractivity contribution in [1.82, 2.24) is 25.0 Å². The summed E-state index contributed by atoms with van der Waals surface area (Å²) in [5.41, 5.74) is 4.63. The molecule has 0 aliphatic rings. The Bertz CT molecular complexity index is 1250. The minimum absolute atomic E-state index is 0.353. The van der Waals surface area contributed by atoms with Gasteiger partial charge in [-0.1, -0.05) is 6.07 Å². The summed E-state index contributed by atoms with van der Waals surface area (Å²) in [4.78, 5) is 6.44. The first-order valence-electron chi connectivity index (χ1n) is 10.2. The Labute approximate surface area is 180 Å². The van der Waals surface area contributed by atoms with Crippen LogP contribution in [0.15, 0.2) is 36.5 Å². The molecule has 4 rings (SSSR count). The fourth-order valence-corrected chi connectivity index (χ4v) is 3.70. The molecule has 0 spiro atoms. The van der Waals surface area contributed by atoms with Crippen LogP contribution in [0.25, 0.3) is 16.6 Å². The van der Waals surface area contributed by atoms with Crippen LogP contribution in [0.1, 0.15) is 29.6 Å². The minimum Gasteiger partial charge on any atom is -0.494 e.